The Bertz CT molecular complexity index is 925. The van der Waals surface area contributed by atoms with Crippen LogP contribution in [0.4, 0.5) is 5.69 Å². The van der Waals surface area contributed by atoms with Crippen LogP contribution in [0.2, 0.25) is 0 Å². The molecule has 3 rings (SSSR count). The summed E-state index contributed by atoms with van der Waals surface area (Å²) in [5.41, 5.74) is 9.46. The summed E-state index contributed by atoms with van der Waals surface area (Å²) in [4.78, 5) is 24.6. The van der Waals surface area contributed by atoms with E-state index in [4.69, 9.17) is 10.5 Å². The SMILES string of the molecule is COC(=O)c1cccc(C(=O)c2c(C)c(N)c3ccccn23)c1. The van der Waals surface area contributed by atoms with Gasteiger partial charge in [0, 0.05) is 17.3 Å². The smallest absolute Gasteiger partial charge is 0.337 e. The summed E-state index contributed by atoms with van der Waals surface area (Å²) in [7, 11) is 1.31. The van der Waals surface area contributed by atoms with E-state index in [1.54, 1.807) is 28.8 Å². The molecular formula is C18H16N2O3. The topological polar surface area (TPSA) is 73.8 Å². The number of hydrogen-bond donors (Lipinski definition) is 1. The largest absolute Gasteiger partial charge is 0.465 e. The molecule has 0 spiro atoms. The fraction of sp³-hybridized carbons (Fsp3) is 0.111. The first kappa shape index (κ1) is 14.8. The Hall–Kier alpha value is -3.08. The van der Waals surface area contributed by atoms with Crippen molar-refractivity contribution in [3.63, 3.8) is 0 Å². The van der Waals surface area contributed by atoms with E-state index in [9.17, 15) is 9.59 Å². The summed E-state index contributed by atoms with van der Waals surface area (Å²) in [6.07, 6.45) is 1.80. The molecule has 0 atom stereocenters. The predicted octanol–water partition coefficient (Wildman–Crippen LogP) is 2.85. The number of ketones is 1. The molecular weight excluding hydrogens is 292 g/mol. The summed E-state index contributed by atoms with van der Waals surface area (Å²) in [5, 5.41) is 0. The number of ether oxygens (including phenoxy) is 1. The third kappa shape index (κ3) is 2.36. The lowest BCUT2D eigenvalue weighted by Gasteiger charge is -2.05. The van der Waals surface area contributed by atoms with Crippen molar-refractivity contribution >= 4 is 23.0 Å². The van der Waals surface area contributed by atoms with Crippen molar-refractivity contribution in [2.45, 2.75) is 6.92 Å². The van der Waals surface area contributed by atoms with Gasteiger partial charge < -0.3 is 14.9 Å². The lowest BCUT2D eigenvalue weighted by Crippen LogP contribution is -2.09. The summed E-state index contributed by atoms with van der Waals surface area (Å²) >= 11 is 0. The molecule has 23 heavy (non-hydrogen) atoms. The van der Waals surface area contributed by atoms with Gasteiger partial charge in [0.15, 0.2) is 0 Å². The summed E-state index contributed by atoms with van der Waals surface area (Å²) in [6, 6.07) is 12.1. The molecule has 5 nitrogen and oxygen atoms in total. The molecule has 0 unspecified atom stereocenters. The molecule has 2 heterocycles. The van der Waals surface area contributed by atoms with Crippen LogP contribution in [0.3, 0.4) is 0 Å². The van der Waals surface area contributed by atoms with Gasteiger partial charge in [-0.1, -0.05) is 18.2 Å². The number of nitrogens with zero attached hydrogens (tertiary/aromatic N) is 1. The zero-order chi connectivity index (χ0) is 16.6. The number of esters is 1. The second kappa shape index (κ2) is 5.61. The van der Waals surface area contributed by atoms with Gasteiger partial charge in [0.1, 0.15) is 0 Å². The van der Waals surface area contributed by atoms with Crippen LogP contribution in [-0.4, -0.2) is 23.3 Å². The van der Waals surface area contributed by atoms with Gasteiger partial charge in [-0.25, -0.2) is 4.79 Å². The van der Waals surface area contributed by atoms with Crippen molar-refractivity contribution in [2.75, 3.05) is 12.8 Å². The average molecular weight is 308 g/mol. The predicted molar refractivity (Wildman–Crippen MR) is 87.8 cm³/mol. The highest BCUT2D eigenvalue weighted by Gasteiger charge is 2.21. The molecule has 0 bridgehead atoms. The van der Waals surface area contributed by atoms with E-state index >= 15 is 0 Å². The molecule has 2 N–H and O–H groups in total. The second-order valence-electron chi connectivity index (χ2n) is 5.24. The number of methoxy groups -OCH3 is 1. The molecule has 0 aliphatic carbocycles. The summed E-state index contributed by atoms with van der Waals surface area (Å²) in [5.74, 6) is -0.665. The van der Waals surface area contributed by atoms with Gasteiger partial charge >= 0.3 is 5.97 Å². The fourth-order valence-corrected chi connectivity index (χ4v) is 2.68. The highest BCUT2D eigenvalue weighted by molar-refractivity contribution is 6.12. The number of carbonyl (C=O) groups is 2. The Labute approximate surface area is 133 Å². The van der Waals surface area contributed by atoms with Gasteiger partial charge in [-0.05, 0) is 31.2 Å². The van der Waals surface area contributed by atoms with E-state index in [0.29, 0.717) is 22.5 Å². The van der Waals surface area contributed by atoms with Crippen LogP contribution in [0.5, 0.6) is 0 Å². The lowest BCUT2D eigenvalue weighted by molar-refractivity contribution is 0.0600. The van der Waals surface area contributed by atoms with Gasteiger partial charge in [0.25, 0.3) is 0 Å². The van der Waals surface area contributed by atoms with Crippen molar-refractivity contribution in [3.8, 4) is 0 Å². The number of carbonyl (C=O) groups excluding carboxylic acids is 2. The average Bonchev–Trinajstić information content (AvgIpc) is 2.85. The van der Waals surface area contributed by atoms with E-state index in [0.717, 1.165) is 11.1 Å². The van der Waals surface area contributed by atoms with Crippen LogP contribution >= 0.6 is 0 Å². The standard InChI is InChI=1S/C18H16N2O3/c1-11-15(19)14-8-3-4-9-20(14)16(11)17(21)12-6-5-7-13(10-12)18(22)23-2/h3-10H,19H2,1-2H3. The van der Waals surface area contributed by atoms with Gasteiger partial charge in [0.05, 0.1) is 29.6 Å². The van der Waals surface area contributed by atoms with Gasteiger partial charge in [-0.3, -0.25) is 4.79 Å². The molecule has 2 aromatic heterocycles. The van der Waals surface area contributed by atoms with Crippen molar-refractivity contribution < 1.29 is 14.3 Å². The zero-order valence-corrected chi connectivity index (χ0v) is 12.9. The minimum Gasteiger partial charge on any atom is -0.465 e. The van der Waals surface area contributed by atoms with Crippen LogP contribution in [0.1, 0.15) is 32.0 Å². The Balaban J connectivity index is 2.15. The molecule has 3 aromatic rings. The Morgan fingerprint density at radius 3 is 2.57 bits per heavy atom. The number of hydrogen-bond acceptors (Lipinski definition) is 4. The first-order valence-corrected chi connectivity index (χ1v) is 7.12. The first-order chi connectivity index (χ1) is 11.0. The molecule has 0 aliphatic rings. The minimum absolute atomic E-state index is 0.189. The fourth-order valence-electron chi connectivity index (χ4n) is 2.68. The quantitative estimate of drug-likeness (QED) is 0.596. The van der Waals surface area contributed by atoms with Crippen LogP contribution in [0, 0.1) is 6.92 Å². The number of fused-ring (bicyclic) bond motifs is 1. The first-order valence-electron chi connectivity index (χ1n) is 7.12. The van der Waals surface area contributed by atoms with Crippen LogP contribution in [0.25, 0.3) is 5.52 Å². The molecule has 0 radical (unpaired) electrons. The van der Waals surface area contributed by atoms with Gasteiger partial charge in [-0.2, -0.15) is 0 Å². The highest BCUT2D eigenvalue weighted by Crippen LogP contribution is 2.27. The number of rotatable bonds is 3. The maximum atomic E-state index is 12.9. The van der Waals surface area contributed by atoms with E-state index < -0.39 is 5.97 Å². The number of nitrogen functional groups attached to an aromatic ring is 1. The maximum Gasteiger partial charge on any atom is 0.337 e. The molecule has 0 aliphatic heterocycles. The van der Waals surface area contributed by atoms with Crippen molar-refractivity contribution in [1.82, 2.24) is 4.40 Å². The highest BCUT2D eigenvalue weighted by atomic mass is 16.5. The monoisotopic (exact) mass is 308 g/mol. The summed E-state index contributed by atoms with van der Waals surface area (Å²) < 4.78 is 6.47. The molecule has 0 saturated heterocycles. The molecule has 5 heteroatoms. The number of benzene rings is 1. The molecule has 0 fully saturated rings. The summed E-state index contributed by atoms with van der Waals surface area (Å²) in [6.45, 7) is 1.82. The van der Waals surface area contributed by atoms with Crippen LogP contribution < -0.4 is 5.73 Å². The van der Waals surface area contributed by atoms with E-state index in [1.165, 1.54) is 13.2 Å². The third-order valence-corrected chi connectivity index (χ3v) is 3.90. The molecule has 0 amide bonds. The van der Waals surface area contributed by atoms with Crippen molar-refractivity contribution in [3.05, 3.63) is 71.0 Å². The second-order valence-corrected chi connectivity index (χ2v) is 5.24. The number of pyridine rings is 1. The minimum atomic E-state index is -0.476. The van der Waals surface area contributed by atoms with Crippen molar-refractivity contribution in [2.24, 2.45) is 0 Å². The molecule has 0 saturated carbocycles. The lowest BCUT2D eigenvalue weighted by atomic mass is 10.0. The van der Waals surface area contributed by atoms with Crippen LogP contribution in [0.15, 0.2) is 48.7 Å². The van der Waals surface area contributed by atoms with E-state index in [-0.39, 0.29) is 5.78 Å². The maximum absolute atomic E-state index is 12.9. The zero-order valence-electron chi connectivity index (χ0n) is 12.9. The number of aromatic nitrogens is 1. The van der Waals surface area contributed by atoms with E-state index in [1.807, 2.05) is 25.1 Å². The van der Waals surface area contributed by atoms with Gasteiger partial charge in [0.2, 0.25) is 5.78 Å². The van der Waals surface area contributed by atoms with Gasteiger partial charge in [-0.15, -0.1) is 0 Å². The normalized spacial score (nSPS) is 10.7. The molecule has 116 valence electrons. The van der Waals surface area contributed by atoms with Crippen LogP contribution in [-0.2, 0) is 4.74 Å². The van der Waals surface area contributed by atoms with Crippen molar-refractivity contribution in [1.29, 1.82) is 0 Å². The number of nitrogens with two attached hydrogens (primary N) is 1. The Morgan fingerprint density at radius 1 is 1.09 bits per heavy atom. The molecule has 1 aromatic carbocycles. The Morgan fingerprint density at radius 2 is 1.83 bits per heavy atom. The Kier molecular flexibility index (Phi) is 3.62. The third-order valence-electron chi connectivity index (χ3n) is 3.90. The number of anilines is 1. The van der Waals surface area contributed by atoms with E-state index in [2.05, 4.69) is 0 Å².